The minimum atomic E-state index is -2.06. The summed E-state index contributed by atoms with van der Waals surface area (Å²) in [7, 11) is 0. The van der Waals surface area contributed by atoms with Crippen molar-refractivity contribution >= 4 is 98.3 Å². The van der Waals surface area contributed by atoms with E-state index in [4.69, 9.17) is 25.5 Å². The molecule has 14 N–H and O–H groups in total. The fourth-order valence-corrected chi connectivity index (χ4v) is 10.7. The average molecular weight is 1100 g/mol. The van der Waals surface area contributed by atoms with Crippen molar-refractivity contribution in [3.05, 3.63) is 0 Å². The largest absolute Gasteiger partial charge is 0.480 e. The zero-order valence-electron chi connectivity index (χ0n) is 42.8. The van der Waals surface area contributed by atoms with Gasteiger partial charge in [-0.1, -0.05) is 111 Å². The second-order valence-corrected chi connectivity index (χ2v) is 21.9. The third-order valence-electron chi connectivity index (χ3n) is 12.3. The lowest BCUT2D eigenvalue weighted by atomic mass is 9.81. The van der Waals surface area contributed by atoms with Crippen LogP contribution in [0.1, 0.15) is 96.9 Å². The molecule has 0 radical (unpaired) electrons. The van der Waals surface area contributed by atoms with Crippen LogP contribution in [0.2, 0.25) is 0 Å². The molecule has 3 aliphatic heterocycles. The van der Waals surface area contributed by atoms with Crippen LogP contribution in [0.15, 0.2) is 0 Å². The molecule has 418 valence electrons. The number of hydrogen-bond acceptors (Lipinski definition) is 21. The number of nitrogens with two attached hydrogens (primary N) is 1. The smallest absolute Gasteiger partial charge is 0.373 e. The molecule has 0 aromatic carbocycles. The predicted octanol–water partition coefficient (Wildman–Crippen LogP) is -2.00. The topological polar surface area (TPSA) is 433 Å². The molecule has 3 heterocycles. The van der Waals surface area contributed by atoms with E-state index >= 15 is 0 Å². The van der Waals surface area contributed by atoms with Crippen molar-refractivity contribution < 1.29 is 94.7 Å². The summed E-state index contributed by atoms with van der Waals surface area (Å²) in [5.74, 6) is -8.01. The molecular formula is C45H76N6O19S3. The Bertz CT molecular complexity index is 2020. The number of carbonyl (C=O) groups excluding carboxylic acids is 10. The van der Waals surface area contributed by atoms with Crippen molar-refractivity contribution in [3.8, 4) is 0 Å². The molecule has 3 unspecified atom stereocenters. The standard InChI is InChI=1S/C20H32N4O10S.C12H21NO4S.C12H21NO3S.CO2.H2/c1-8(2)14(28)20(15(29)9(3)16(30)24-20)19(34)35-7-11(17(31)22-6-13(26)27)23-12(25)5-4-10(21)18(32)33;1-5-18-11(17)12(8(14)6(2)3)9(15)7(4)10(16)13-12;1-5-6-17-11(16)12(7(2)3)9(14)8(4)10(15)13-12;2-1-3;/h8-11,14-15,28-29H,4-7,21H2,1-3H3,(H,22,31)(H,23,25)(H,24,30)(H,26,27)(H,32,33);6-9,14-15H,5H2,1-4H3,(H,13,16);7-9,14H,5-6H2,1-4H3,(H,13,15);;1H/t9-,10+,11?,14?,15+,20-;7-,8?,9+,12-;8-,9+,12-;;/m111../s1. The molecule has 3 fully saturated rings. The molecule has 28 heteroatoms. The van der Waals surface area contributed by atoms with Gasteiger partial charge in [-0.2, -0.15) is 9.59 Å². The van der Waals surface area contributed by atoms with E-state index in [0.717, 1.165) is 18.2 Å². The molecule has 3 aliphatic rings. The van der Waals surface area contributed by atoms with Crippen LogP contribution in [0.3, 0.4) is 0 Å². The zero-order valence-corrected chi connectivity index (χ0v) is 45.2. The molecule has 0 bridgehead atoms. The molecule has 0 aromatic heterocycles. The summed E-state index contributed by atoms with van der Waals surface area (Å²) < 4.78 is 0. The number of nitrogens with one attached hydrogen (secondary N) is 5. The van der Waals surface area contributed by atoms with Gasteiger partial charge in [-0.15, -0.1) is 0 Å². The van der Waals surface area contributed by atoms with Crippen molar-refractivity contribution in [1.82, 2.24) is 26.6 Å². The summed E-state index contributed by atoms with van der Waals surface area (Å²) in [6.45, 7) is 18.0. The minimum Gasteiger partial charge on any atom is -0.480 e. The van der Waals surface area contributed by atoms with Gasteiger partial charge in [0, 0.05) is 19.4 Å². The quantitative estimate of drug-likeness (QED) is 0.0591. The third-order valence-corrected chi connectivity index (χ3v) is 15.5. The van der Waals surface area contributed by atoms with Gasteiger partial charge in [-0.05, 0) is 36.3 Å². The van der Waals surface area contributed by atoms with E-state index in [0.29, 0.717) is 23.3 Å². The minimum absolute atomic E-state index is 0. The van der Waals surface area contributed by atoms with E-state index in [2.05, 4.69) is 26.6 Å². The second-order valence-electron chi connectivity index (χ2n) is 18.6. The van der Waals surface area contributed by atoms with Crippen LogP contribution in [0.4, 0.5) is 0 Å². The van der Waals surface area contributed by atoms with Crippen LogP contribution in [-0.4, -0.2) is 182 Å². The van der Waals surface area contributed by atoms with Gasteiger partial charge in [0.1, 0.15) is 24.2 Å². The van der Waals surface area contributed by atoms with Gasteiger partial charge >= 0.3 is 18.1 Å². The van der Waals surface area contributed by atoms with E-state index in [9.17, 15) is 73.5 Å². The molecule has 73 heavy (non-hydrogen) atoms. The van der Waals surface area contributed by atoms with E-state index in [1.165, 1.54) is 18.7 Å². The molecule has 0 aliphatic carbocycles. The Labute approximate surface area is 437 Å². The number of aliphatic hydroxyl groups is 5. The summed E-state index contributed by atoms with van der Waals surface area (Å²) in [5, 5.41) is 80.3. The van der Waals surface area contributed by atoms with Crippen LogP contribution in [0, 0.1) is 35.5 Å². The number of rotatable bonds is 21. The SMILES string of the molecule is CC(C)C(O)[C@@]1(C(=O)SCC(NC(=O)CC[C@H](N)C(=O)O)C(=O)NCC(=O)O)NC(=O)[C@H](C)[C@@H]1O.CCCSC(=O)[C@]1(C(C)C)NC(=O)[C@H](C)[C@@H]1O.CCSC(=O)[C@]1(C(O)C(C)C)NC(=O)[C@H](C)[C@@H]1O.O=C=O.[HH]. The van der Waals surface area contributed by atoms with Crippen LogP contribution >= 0.6 is 35.3 Å². The van der Waals surface area contributed by atoms with Gasteiger partial charge < -0.3 is 68.1 Å². The Morgan fingerprint density at radius 1 is 0.699 bits per heavy atom. The van der Waals surface area contributed by atoms with Crippen molar-refractivity contribution in [2.75, 3.05) is 23.8 Å². The Kier molecular flexibility index (Phi) is 28.9. The van der Waals surface area contributed by atoms with Gasteiger partial charge in [0.15, 0.2) is 11.1 Å². The number of hydrogen-bond donors (Lipinski definition) is 13. The highest BCUT2D eigenvalue weighted by Gasteiger charge is 2.62. The van der Waals surface area contributed by atoms with Gasteiger partial charge in [0.2, 0.25) is 44.9 Å². The highest BCUT2D eigenvalue weighted by Crippen LogP contribution is 2.39. The van der Waals surface area contributed by atoms with E-state index < -0.39 is 136 Å². The molecule has 0 aromatic rings. The maximum atomic E-state index is 13.2. The number of carboxylic acid groups (broad SMARTS) is 2. The molecule has 25 nitrogen and oxygen atoms in total. The zero-order chi connectivity index (χ0) is 57.1. The van der Waals surface area contributed by atoms with E-state index in [1.54, 1.807) is 41.5 Å². The van der Waals surface area contributed by atoms with Crippen molar-refractivity contribution in [3.63, 3.8) is 0 Å². The Morgan fingerprint density at radius 3 is 1.40 bits per heavy atom. The summed E-state index contributed by atoms with van der Waals surface area (Å²) in [4.78, 5) is 136. The molecule has 0 spiro atoms. The third kappa shape index (κ3) is 17.0. The summed E-state index contributed by atoms with van der Waals surface area (Å²) in [6.07, 6.45) is -5.75. The lowest BCUT2D eigenvalue weighted by Crippen LogP contribution is -2.64. The van der Waals surface area contributed by atoms with Crippen LogP contribution in [0.25, 0.3) is 0 Å². The maximum absolute atomic E-state index is 13.2. The number of aliphatic hydroxyl groups excluding tert-OH is 5. The molecular weight excluding hydrogens is 1020 g/mol. The van der Waals surface area contributed by atoms with Crippen LogP contribution in [0.5, 0.6) is 0 Å². The monoisotopic (exact) mass is 1100 g/mol. The first-order valence-corrected chi connectivity index (χ1v) is 26.3. The van der Waals surface area contributed by atoms with Gasteiger partial charge in [-0.25, -0.2) is 0 Å². The van der Waals surface area contributed by atoms with E-state index in [-0.39, 0.29) is 48.4 Å². The highest BCUT2D eigenvalue weighted by molar-refractivity contribution is 8.14. The number of aliphatic carboxylic acids is 2. The maximum Gasteiger partial charge on any atom is 0.373 e. The van der Waals surface area contributed by atoms with E-state index in [1.807, 2.05) is 27.7 Å². The molecule has 0 saturated carbocycles. The Hall–Kier alpha value is -4.51. The average Bonchev–Trinajstić information content (AvgIpc) is 3.81. The van der Waals surface area contributed by atoms with Crippen LogP contribution in [-0.2, 0) is 57.5 Å². The number of carbonyl (C=O) groups is 10. The second kappa shape index (κ2) is 30.8. The van der Waals surface area contributed by atoms with Gasteiger partial charge in [0.05, 0.1) is 48.3 Å². The fourth-order valence-electron chi connectivity index (χ4n) is 7.80. The lowest BCUT2D eigenvalue weighted by molar-refractivity contribution is -0.192. The highest BCUT2D eigenvalue weighted by atomic mass is 32.2. The molecule has 5 amide bonds. The number of carboxylic acids is 2. The summed E-state index contributed by atoms with van der Waals surface area (Å²) in [6, 6.07) is -2.75. The lowest BCUT2D eigenvalue weighted by Gasteiger charge is -2.37. The number of thioether (sulfide) groups is 3. The molecule has 3 saturated heterocycles. The van der Waals surface area contributed by atoms with Gasteiger partial charge in [0.25, 0.3) is 0 Å². The number of amides is 5. The van der Waals surface area contributed by atoms with Gasteiger partial charge in [-0.3, -0.25) is 47.9 Å². The predicted molar refractivity (Wildman–Crippen MR) is 268 cm³/mol. The normalized spacial score (nSPS) is 27.7. The summed E-state index contributed by atoms with van der Waals surface area (Å²) in [5.41, 5.74) is 0.600. The molecule has 13 atom stereocenters. The first-order chi connectivity index (χ1) is 33.7. The van der Waals surface area contributed by atoms with Crippen molar-refractivity contribution in [1.29, 1.82) is 0 Å². The Morgan fingerprint density at radius 2 is 1.08 bits per heavy atom. The first-order valence-electron chi connectivity index (χ1n) is 23.4. The fraction of sp³-hybridized carbons (Fsp3) is 0.756. The Balaban J connectivity index is 0. The first kappa shape index (κ1) is 68.5. The van der Waals surface area contributed by atoms with Crippen LogP contribution < -0.4 is 32.3 Å². The summed E-state index contributed by atoms with van der Waals surface area (Å²) >= 11 is 2.65. The van der Waals surface area contributed by atoms with Crippen molar-refractivity contribution in [2.45, 2.75) is 155 Å². The van der Waals surface area contributed by atoms with Crippen molar-refractivity contribution in [2.24, 2.45) is 41.2 Å². The molecule has 3 rings (SSSR count).